The molecule has 1 N–H and O–H groups in total. The van der Waals surface area contributed by atoms with Crippen LogP contribution in [0.1, 0.15) is 28.4 Å². The van der Waals surface area contributed by atoms with E-state index in [4.69, 9.17) is 0 Å². The van der Waals surface area contributed by atoms with Crippen molar-refractivity contribution in [1.29, 1.82) is 0 Å². The molecule has 0 fully saturated rings. The molecule has 0 aromatic heterocycles. The van der Waals surface area contributed by atoms with E-state index in [0.29, 0.717) is 5.56 Å². The molecule has 1 nitrogen and oxygen atoms in total. The van der Waals surface area contributed by atoms with Crippen molar-refractivity contribution in [1.82, 2.24) is 0 Å². The number of benzene rings is 3. The second kappa shape index (κ2) is 8.96. The van der Waals surface area contributed by atoms with E-state index in [0.717, 1.165) is 16.7 Å². The van der Waals surface area contributed by atoms with Crippen molar-refractivity contribution in [2.75, 3.05) is 0 Å². The van der Waals surface area contributed by atoms with Gasteiger partial charge in [0.05, 0.1) is 0 Å². The third-order valence-electron chi connectivity index (χ3n) is 3.62. The van der Waals surface area contributed by atoms with Gasteiger partial charge in [-0.2, -0.15) is 0 Å². The number of rotatable bonds is 1. The highest BCUT2D eigenvalue weighted by Crippen LogP contribution is 2.16. The molecule has 0 saturated heterocycles. The van der Waals surface area contributed by atoms with Crippen LogP contribution >= 0.6 is 0 Å². The van der Waals surface area contributed by atoms with E-state index >= 15 is 0 Å². The summed E-state index contributed by atoms with van der Waals surface area (Å²) in [5.41, 5.74) is 3.26. The first-order valence-electron chi connectivity index (χ1n) is 8.23. The summed E-state index contributed by atoms with van der Waals surface area (Å²) in [6.07, 6.45) is -0.929. The van der Waals surface area contributed by atoms with Gasteiger partial charge in [0.2, 0.25) is 0 Å². The number of aliphatic hydroxyl groups is 1. The molecule has 0 aliphatic rings. The van der Waals surface area contributed by atoms with Crippen molar-refractivity contribution >= 4 is 0 Å². The highest BCUT2D eigenvalue weighted by atomic mass is 16.3. The van der Waals surface area contributed by atoms with Crippen molar-refractivity contribution in [3.63, 3.8) is 0 Å². The van der Waals surface area contributed by atoms with Crippen LogP contribution in [-0.2, 0) is 0 Å². The zero-order chi connectivity index (χ0) is 18.0. The van der Waals surface area contributed by atoms with E-state index in [1.807, 2.05) is 84.9 Å². The van der Waals surface area contributed by atoms with Gasteiger partial charge in [-0.3, -0.25) is 0 Å². The normalized spacial score (nSPS) is 10.2. The third kappa shape index (κ3) is 4.90. The first-order valence-corrected chi connectivity index (χ1v) is 8.23. The zero-order valence-corrected chi connectivity index (χ0v) is 14.1. The van der Waals surface area contributed by atoms with Crippen LogP contribution in [0, 0.1) is 35.5 Å². The summed E-state index contributed by atoms with van der Waals surface area (Å²) >= 11 is 0. The standard InChI is InChI=1S/C25H16O/c26-25(18-10-7-15-21-11-3-1-4-12-21)24-17-9-8-16-23(24)20-19-22-13-5-2-6-14-22/h1-6,8-9,11-14,16-17,25-26H. The number of hydrogen-bond donors (Lipinski definition) is 1. The Kier molecular flexibility index (Phi) is 5.90. The van der Waals surface area contributed by atoms with Crippen LogP contribution in [0.5, 0.6) is 0 Å². The van der Waals surface area contributed by atoms with Crippen LogP contribution in [0.15, 0.2) is 84.9 Å². The maximum absolute atomic E-state index is 10.4. The summed E-state index contributed by atoms with van der Waals surface area (Å²) in [5, 5.41) is 10.4. The van der Waals surface area contributed by atoms with Crippen LogP contribution in [0.4, 0.5) is 0 Å². The van der Waals surface area contributed by atoms with Crippen molar-refractivity contribution < 1.29 is 5.11 Å². The molecular weight excluding hydrogens is 316 g/mol. The molecule has 1 heteroatoms. The lowest BCUT2D eigenvalue weighted by Gasteiger charge is -2.05. The molecule has 3 rings (SSSR count). The Balaban J connectivity index is 1.79. The van der Waals surface area contributed by atoms with Crippen molar-refractivity contribution in [3.05, 3.63) is 107 Å². The molecule has 0 radical (unpaired) electrons. The Labute approximate surface area is 154 Å². The van der Waals surface area contributed by atoms with Crippen LogP contribution in [0.3, 0.4) is 0 Å². The van der Waals surface area contributed by atoms with Gasteiger partial charge in [-0.25, -0.2) is 0 Å². The number of aliphatic hydroxyl groups excluding tert-OH is 1. The van der Waals surface area contributed by atoms with E-state index in [2.05, 4.69) is 35.5 Å². The van der Waals surface area contributed by atoms with Crippen LogP contribution in [0.2, 0.25) is 0 Å². The predicted molar refractivity (Wildman–Crippen MR) is 105 cm³/mol. The summed E-state index contributed by atoms with van der Waals surface area (Å²) in [6, 6.07) is 26.8. The summed E-state index contributed by atoms with van der Waals surface area (Å²) in [5.74, 6) is 17.4. The summed E-state index contributed by atoms with van der Waals surface area (Å²) in [7, 11) is 0. The molecule has 3 aromatic rings. The van der Waals surface area contributed by atoms with Gasteiger partial charge in [-0.05, 0) is 42.2 Å². The van der Waals surface area contributed by atoms with E-state index in [1.54, 1.807) is 0 Å². The fourth-order valence-electron chi connectivity index (χ4n) is 2.32. The van der Waals surface area contributed by atoms with Crippen LogP contribution in [0.25, 0.3) is 0 Å². The first-order chi connectivity index (χ1) is 12.8. The Bertz CT molecular complexity index is 1050. The van der Waals surface area contributed by atoms with E-state index < -0.39 is 6.10 Å². The minimum Gasteiger partial charge on any atom is -0.376 e. The van der Waals surface area contributed by atoms with E-state index in [-0.39, 0.29) is 0 Å². The van der Waals surface area contributed by atoms with E-state index in [9.17, 15) is 5.11 Å². The Morgan fingerprint density at radius 1 is 0.577 bits per heavy atom. The zero-order valence-electron chi connectivity index (χ0n) is 14.1. The summed E-state index contributed by atoms with van der Waals surface area (Å²) < 4.78 is 0. The van der Waals surface area contributed by atoms with Crippen molar-refractivity contribution in [2.24, 2.45) is 0 Å². The smallest absolute Gasteiger partial charge is 0.142 e. The van der Waals surface area contributed by atoms with Crippen LogP contribution in [-0.4, -0.2) is 5.11 Å². The van der Waals surface area contributed by atoms with Gasteiger partial charge >= 0.3 is 0 Å². The SMILES string of the molecule is OC(C#CC#Cc1ccccc1)c1ccccc1C#Cc1ccccc1. The van der Waals surface area contributed by atoms with Crippen LogP contribution < -0.4 is 0 Å². The lowest BCUT2D eigenvalue weighted by atomic mass is 10.0. The van der Waals surface area contributed by atoms with Gasteiger partial charge in [-0.1, -0.05) is 78.3 Å². The highest BCUT2D eigenvalue weighted by molar-refractivity contribution is 5.49. The lowest BCUT2D eigenvalue weighted by Crippen LogP contribution is -1.97. The molecule has 0 aliphatic carbocycles. The maximum atomic E-state index is 10.4. The van der Waals surface area contributed by atoms with E-state index in [1.165, 1.54) is 0 Å². The molecule has 0 spiro atoms. The molecule has 1 unspecified atom stereocenters. The fourth-order valence-corrected chi connectivity index (χ4v) is 2.32. The van der Waals surface area contributed by atoms with Crippen molar-refractivity contribution in [2.45, 2.75) is 6.10 Å². The Morgan fingerprint density at radius 2 is 1.15 bits per heavy atom. The molecular formula is C25H16O. The second-order valence-electron chi connectivity index (χ2n) is 5.49. The molecule has 0 aliphatic heterocycles. The second-order valence-corrected chi connectivity index (χ2v) is 5.49. The average Bonchev–Trinajstić information content (AvgIpc) is 2.71. The largest absolute Gasteiger partial charge is 0.376 e. The lowest BCUT2D eigenvalue weighted by molar-refractivity contribution is 0.238. The van der Waals surface area contributed by atoms with Gasteiger partial charge in [0.25, 0.3) is 0 Å². The molecule has 0 bridgehead atoms. The number of hydrogen-bond acceptors (Lipinski definition) is 1. The molecule has 122 valence electrons. The topological polar surface area (TPSA) is 20.2 Å². The minimum atomic E-state index is -0.929. The van der Waals surface area contributed by atoms with Gasteiger partial charge in [0, 0.05) is 22.3 Å². The summed E-state index contributed by atoms with van der Waals surface area (Å²) in [6.45, 7) is 0. The quantitative estimate of drug-likeness (QED) is 0.663. The predicted octanol–water partition coefficient (Wildman–Crippen LogP) is 4.17. The molecule has 0 heterocycles. The molecule has 0 saturated carbocycles. The maximum Gasteiger partial charge on any atom is 0.142 e. The Morgan fingerprint density at radius 3 is 1.85 bits per heavy atom. The first kappa shape index (κ1) is 17.1. The summed E-state index contributed by atoms with van der Waals surface area (Å²) in [4.78, 5) is 0. The monoisotopic (exact) mass is 332 g/mol. The molecule has 26 heavy (non-hydrogen) atoms. The molecule has 3 aromatic carbocycles. The van der Waals surface area contributed by atoms with Gasteiger partial charge < -0.3 is 5.11 Å². The molecule has 1 atom stereocenters. The minimum absolute atomic E-state index is 0.685. The van der Waals surface area contributed by atoms with Gasteiger partial charge in [0.1, 0.15) is 6.10 Å². The van der Waals surface area contributed by atoms with Gasteiger partial charge in [0.15, 0.2) is 0 Å². The highest BCUT2D eigenvalue weighted by Gasteiger charge is 2.07. The third-order valence-corrected chi connectivity index (χ3v) is 3.62. The van der Waals surface area contributed by atoms with Crippen molar-refractivity contribution in [3.8, 4) is 35.5 Å². The van der Waals surface area contributed by atoms with Gasteiger partial charge in [-0.15, -0.1) is 0 Å². The average molecular weight is 332 g/mol. The fraction of sp³-hybridized carbons (Fsp3) is 0.0400. The Hall–Kier alpha value is -3.70. The molecule has 0 amide bonds.